The summed E-state index contributed by atoms with van der Waals surface area (Å²) in [4.78, 5) is 11.1. The Morgan fingerprint density at radius 2 is 2.12 bits per heavy atom. The van der Waals surface area contributed by atoms with Crippen LogP contribution in [-0.2, 0) is 13.6 Å². The van der Waals surface area contributed by atoms with Crippen molar-refractivity contribution in [1.82, 2.24) is 0 Å². The molecule has 0 atom stereocenters. The maximum Gasteiger partial charge on any atom is 0.333 e. The molecule has 0 fully saturated rings. The Morgan fingerprint density at radius 3 is 2.65 bits per heavy atom. The van der Waals surface area contributed by atoms with Gasteiger partial charge in [0.05, 0.1) is 6.61 Å². The van der Waals surface area contributed by atoms with Crippen molar-refractivity contribution in [3.8, 4) is 11.5 Å². The molecule has 0 rings (SSSR count). The van der Waals surface area contributed by atoms with E-state index in [0.717, 1.165) is 12.5 Å². The molecular weight excluding hydrogens is 248 g/mol. The smallest absolute Gasteiger partial charge is 0.333 e. The van der Waals surface area contributed by atoms with E-state index >= 15 is 0 Å². The Balaban J connectivity index is 3.56. The minimum Gasteiger partial charge on any atom is -0.462 e. The number of hydrogen-bond acceptors (Lipinski definition) is 3. The molecular formula is C12H22O3Si2. The van der Waals surface area contributed by atoms with E-state index in [4.69, 9.17) is 8.85 Å². The van der Waals surface area contributed by atoms with Crippen LogP contribution < -0.4 is 0 Å². The molecule has 0 aliphatic rings. The zero-order valence-electron chi connectivity index (χ0n) is 11.3. The van der Waals surface area contributed by atoms with Gasteiger partial charge in [0.1, 0.15) is 9.76 Å². The van der Waals surface area contributed by atoms with Crippen LogP contribution in [0.15, 0.2) is 12.2 Å². The largest absolute Gasteiger partial charge is 0.462 e. The third-order valence-electron chi connectivity index (χ3n) is 2.01. The van der Waals surface area contributed by atoms with E-state index in [1.54, 1.807) is 6.92 Å². The Labute approximate surface area is 108 Å². The second-order valence-corrected chi connectivity index (χ2v) is 9.90. The number of rotatable bonds is 7. The zero-order chi connectivity index (χ0) is 13.3. The SMILES string of the molecule is C=C(C)C(=O)OCCC[SiH2]O[Si](C)(C)C#CC. The van der Waals surface area contributed by atoms with E-state index in [0.29, 0.717) is 12.2 Å². The van der Waals surface area contributed by atoms with Gasteiger partial charge < -0.3 is 8.85 Å². The fourth-order valence-corrected chi connectivity index (χ4v) is 5.07. The molecule has 0 aromatic heterocycles. The molecule has 0 N–H and O–H groups in total. The predicted molar refractivity (Wildman–Crippen MR) is 75.8 cm³/mol. The van der Waals surface area contributed by atoms with Gasteiger partial charge in [0.2, 0.25) is 0 Å². The maximum atomic E-state index is 11.1. The summed E-state index contributed by atoms with van der Waals surface area (Å²) in [5, 5.41) is 0. The van der Waals surface area contributed by atoms with Gasteiger partial charge >= 0.3 is 5.97 Å². The lowest BCUT2D eigenvalue weighted by Gasteiger charge is -2.16. The van der Waals surface area contributed by atoms with Crippen molar-refractivity contribution < 1.29 is 13.6 Å². The van der Waals surface area contributed by atoms with Crippen molar-refractivity contribution in [1.29, 1.82) is 0 Å². The van der Waals surface area contributed by atoms with Crippen molar-refractivity contribution in [2.45, 2.75) is 39.4 Å². The molecule has 0 aromatic carbocycles. The number of ether oxygens (including phenoxy) is 1. The molecule has 0 amide bonds. The minimum absolute atomic E-state index is 0.306. The van der Waals surface area contributed by atoms with Gasteiger partial charge in [-0.3, -0.25) is 0 Å². The molecule has 0 bridgehead atoms. The van der Waals surface area contributed by atoms with E-state index in [1.165, 1.54) is 0 Å². The first-order valence-corrected chi connectivity index (χ1v) is 10.3. The number of esters is 1. The Bertz CT molecular complexity index is 326. The van der Waals surface area contributed by atoms with Crippen LogP contribution in [0.1, 0.15) is 20.3 Å². The number of carbonyl (C=O) groups excluding carboxylic acids is 1. The first kappa shape index (κ1) is 16.2. The van der Waals surface area contributed by atoms with E-state index in [2.05, 4.69) is 31.1 Å². The third-order valence-corrected chi connectivity index (χ3v) is 7.35. The normalized spacial score (nSPS) is 11.1. The van der Waals surface area contributed by atoms with Gasteiger partial charge in [-0.1, -0.05) is 12.1 Å². The van der Waals surface area contributed by atoms with Crippen molar-refractivity contribution in [2.24, 2.45) is 0 Å². The minimum atomic E-state index is -1.72. The first-order valence-electron chi connectivity index (χ1n) is 5.79. The number of hydrogen-bond donors (Lipinski definition) is 0. The fourth-order valence-electron chi connectivity index (χ4n) is 1.16. The van der Waals surface area contributed by atoms with Crippen LogP contribution in [0.25, 0.3) is 0 Å². The van der Waals surface area contributed by atoms with E-state index in [-0.39, 0.29) is 5.97 Å². The fraction of sp³-hybridized carbons (Fsp3) is 0.583. The zero-order valence-corrected chi connectivity index (χ0v) is 13.7. The lowest BCUT2D eigenvalue weighted by molar-refractivity contribution is -0.138. The topological polar surface area (TPSA) is 35.5 Å². The lowest BCUT2D eigenvalue weighted by Crippen LogP contribution is -2.30. The van der Waals surface area contributed by atoms with Gasteiger partial charge in [-0.2, -0.15) is 0 Å². The van der Waals surface area contributed by atoms with Crippen molar-refractivity contribution in [3.05, 3.63) is 12.2 Å². The average Bonchev–Trinajstić information content (AvgIpc) is 2.22. The van der Waals surface area contributed by atoms with Gasteiger partial charge in [0.25, 0.3) is 8.32 Å². The lowest BCUT2D eigenvalue weighted by atomic mass is 10.4. The highest BCUT2D eigenvalue weighted by molar-refractivity contribution is 6.82. The summed E-state index contributed by atoms with van der Waals surface area (Å²) in [5.74, 6) is 2.61. The van der Waals surface area contributed by atoms with Crippen LogP contribution >= 0.6 is 0 Å². The quantitative estimate of drug-likeness (QED) is 0.233. The van der Waals surface area contributed by atoms with Crippen molar-refractivity contribution in [2.75, 3.05) is 6.61 Å². The van der Waals surface area contributed by atoms with Crippen molar-refractivity contribution in [3.63, 3.8) is 0 Å². The summed E-state index contributed by atoms with van der Waals surface area (Å²) in [6, 6.07) is 1.02. The molecule has 0 aliphatic heterocycles. The Morgan fingerprint density at radius 1 is 1.47 bits per heavy atom. The first-order chi connectivity index (χ1) is 7.89. The van der Waals surface area contributed by atoms with Crippen LogP contribution in [0.2, 0.25) is 19.1 Å². The second-order valence-electron chi connectivity index (χ2n) is 4.36. The van der Waals surface area contributed by atoms with Gasteiger partial charge in [-0.15, -0.1) is 5.92 Å². The summed E-state index contributed by atoms with van der Waals surface area (Å²) in [6.45, 7) is 11.7. The van der Waals surface area contributed by atoms with Crippen LogP contribution in [0.3, 0.4) is 0 Å². The maximum absolute atomic E-state index is 11.1. The molecule has 0 saturated carbocycles. The third kappa shape index (κ3) is 8.92. The Kier molecular flexibility index (Phi) is 7.88. The molecule has 0 radical (unpaired) electrons. The molecule has 0 unspecified atom stereocenters. The van der Waals surface area contributed by atoms with Gasteiger partial charge in [-0.25, -0.2) is 4.79 Å². The number of carbonyl (C=O) groups is 1. The molecule has 0 spiro atoms. The van der Waals surface area contributed by atoms with Gasteiger partial charge in [-0.05, 0) is 39.4 Å². The summed E-state index contributed by atoms with van der Waals surface area (Å²) in [5.41, 5.74) is 3.60. The summed E-state index contributed by atoms with van der Waals surface area (Å²) in [6.07, 6.45) is 0.870. The summed E-state index contributed by atoms with van der Waals surface area (Å²) in [7, 11) is -2.26. The van der Waals surface area contributed by atoms with Gasteiger partial charge in [0, 0.05) is 5.57 Å². The van der Waals surface area contributed by atoms with Crippen LogP contribution in [0, 0.1) is 11.5 Å². The van der Waals surface area contributed by atoms with E-state index < -0.39 is 18.1 Å². The van der Waals surface area contributed by atoms with Crippen LogP contribution in [-0.4, -0.2) is 30.7 Å². The monoisotopic (exact) mass is 270 g/mol. The predicted octanol–water partition coefficient (Wildman–Crippen LogP) is 1.78. The van der Waals surface area contributed by atoms with Crippen LogP contribution in [0.4, 0.5) is 0 Å². The molecule has 0 saturated heterocycles. The second kappa shape index (κ2) is 8.28. The van der Waals surface area contributed by atoms with Crippen LogP contribution in [0.5, 0.6) is 0 Å². The highest BCUT2D eigenvalue weighted by atomic mass is 28.4. The summed E-state index contributed by atoms with van der Waals surface area (Å²) < 4.78 is 10.9. The van der Waals surface area contributed by atoms with Gasteiger partial charge in [0.15, 0.2) is 0 Å². The van der Waals surface area contributed by atoms with Crippen molar-refractivity contribution >= 4 is 24.0 Å². The Hall–Kier alpha value is -0.836. The highest BCUT2D eigenvalue weighted by Gasteiger charge is 2.18. The van der Waals surface area contributed by atoms with E-state index in [9.17, 15) is 4.79 Å². The molecule has 0 aromatic rings. The molecule has 17 heavy (non-hydrogen) atoms. The van der Waals surface area contributed by atoms with E-state index in [1.807, 2.05) is 6.92 Å². The summed E-state index contributed by atoms with van der Waals surface area (Å²) >= 11 is 0. The highest BCUT2D eigenvalue weighted by Crippen LogP contribution is 2.03. The molecule has 0 heterocycles. The molecule has 0 aliphatic carbocycles. The molecule has 5 heteroatoms. The molecule has 3 nitrogen and oxygen atoms in total. The molecule has 96 valence electrons. The standard InChI is InChI=1S/C12H22O3Si2/c1-6-10-17(4,5)15-16-9-7-8-14-12(13)11(2)3/h2,7-9,16H2,1,3-5H3. The average molecular weight is 270 g/mol.